The smallest absolute Gasteiger partial charge is 0.269 e. The third-order valence-corrected chi connectivity index (χ3v) is 10.4. The quantitative estimate of drug-likeness (QED) is 0.547. The van der Waals surface area contributed by atoms with Crippen LogP contribution < -0.4 is 20.6 Å². The maximum atomic E-state index is 13.5. The number of carbonyl (C=O) groups excluding carboxylic acids is 1. The molecule has 0 fully saturated rings. The maximum absolute atomic E-state index is 13.5. The molecule has 0 radical (unpaired) electrons. The molecule has 0 aromatic heterocycles. The van der Waals surface area contributed by atoms with Crippen molar-refractivity contribution < 1.29 is 13.2 Å². The third kappa shape index (κ3) is 4.63. The van der Waals surface area contributed by atoms with Crippen LogP contribution in [0.2, 0.25) is 0 Å². The standard InChI is InChI=1S/C24H26NO3PS/c1-3-13-23(24(26)25-30(2,27)28)29(20-14-7-4-8-15-20,21-16-9-5-10-17-21)22-18-11-6-12-19-22/h4-12,14-19,23H,3,13H2,1-2H3/p+1. The summed E-state index contributed by atoms with van der Waals surface area (Å²) in [5.41, 5.74) is -0.510. The molecular formula is C24H27NO3PS+. The molecule has 6 heteroatoms. The second-order valence-electron chi connectivity index (χ2n) is 7.27. The van der Waals surface area contributed by atoms with E-state index in [0.717, 1.165) is 28.6 Å². The lowest BCUT2D eigenvalue weighted by atomic mass is 10.2. The molecule has 1 amide bonds. The van der Waals surface area contributed by atoms with Crippen LogP contribution >= 0.6 is 7.26 Å². The first kappa shape index (κ1) is 22.2. The molecule has 3 aromatic carbocycles. The number of rotatable bonds is 8. The van der Waals surface area contributed by atoms with Crippen molar-refractivity contribution in [1.29, 1.82) is 0 Å². The number of benzene rings is 3. The van der Waals surface area contributed by atoms with Gasteiger partial charge in [-0.1, -0.05) is 67.9 Å². The molecule has 0 saturated carbocycles. The first-order valence-corrected chi connectivity index (χ1v) is 13.7. The Morgan fingerprint density at radius 3 is 1.47 bits per heavy atom. The van der Waals surface area contributed by atoms with Crippen LogP contribution in [0, 0.1) is 0 Å². The average molecular weight is 441 g/mol. The summed E-state index contributed by atoms with van der Waals surface area (Å²) in [6.45, 7) is 2.02. The molecule has 0 saturated heterocycles. The van der Waals surface area contributed by atoms with Crippen molar-refractivity contribution in [3.8, 4) is 0 Å². The van der Waals surface area contributed by atoms with Crippen LogP contribution in [0.5, 0.6) is 0 Å². The number of carbonyl (C=O) groups is 1. The van der Waals surface area contributed by atoms with Gasteiger partial charge in [-0.25, -0.2) is 13.1 Å². The average Bonchev–Trinajstić information content (AvgIpc) is 2.75. The molecule has 0 aliphatic heterocycles. The lowest BCUT2D eigenvalue weighted by molar-refractivity contribution is -0.119. The van der Waals surface area contributed by atoms with Crippen molar-refractivity contribution in [1.82, 2.24) is 4.72 Å². The molecule has 0 heterocycles. The molecule has 0 bridgehead atoms. The van der Waals surface area contributed by atoms with Crippen molar-refractivity contribution >= 4 is 39.1 Å². The fourth-order valence-corrected chi connectivity index (χ4v) is 9.56. The summed E-state index contributed by atoms with van der Waals surface area (Å²) in [5, 5.41) is 3.18. The summed E-state index contributed by atoms with van der Waals surface area (Å²) in [4.78, 5) is 13.5. The van der Waals surface area contributed by atoms with Gasteiger partial charge in [-0.05, 0) is 42.8 Å². The van der Waals surface area contributed by atoms with Crippen LogP contribution in [-0.2, 0) is 14.8 Å². The fraction of sp³-hybridized carbons (Fsp3) is 0.208. The van der Waals surface area contributed by atoms with E-state index in [1.54, 1.807) is 0 Å². The minimum atomic E-state index is -3.68. The Bertz CT molecular complexity index is 975. The molecule has 3 rings (SSSR count). The zero-order chi connectivity index (χ0) is 21.6. The second-order valence-corrected chi connectivity index (χ2v) is 12.6. The summed E-state index contributed by atoms with van der Waals surface area (Å²) < 4.78 is 26.2. The summed E-state index contributed by atoms with van der Waals surface area (Å²) in [5.74, 6) is -0.441. The monoisotopic (exact) mass is 440 g/mol. The first-order valence-electron chi connectivity index (χ1n) is 9.96. The zero-order valence-corrected chi connectivity index (χ0v) is 18.9. The van der Waals surface area contributed by atoms with Crippen LogP contribution in [-0.4, -0.2) is 26.2 Å². The summed E-state index contributed by atoms with van der Waals surface area (Å²) in [7, 11) is -6.17. The summed E-state index contributed by atoms with van der Waals surface area (Å²) in [6, 6.07) is 30.1. The molecule has 0 aliphatic carbocycles. The van der Waals surface area contributed by atoms with E-state index < -0.39 is 28.9 Å². The van der Waals surface area contributed by atoms with Gasteiger partial charge in [-0.15, -0.1) is 0 Å². The van der Waals surface area contributed by atoms with E-state index >= 15 is 0 Å². The predicted octanol–water partition coefficient (Wildman–Crippen LogP) is 3.23. The lowest BCUT2D eigenvalue weighted by Gasteiger charge is -2.33. The third-order valence-electron chi connectivity index (χ3n) is 5.11. The van der Waals surface area contributed by atoms with Gasteiger partial charge < -0.3 is 0 Å². The van der Waals surface area contributed by atoms with Gasteiger partial charge in [0.2, 0.25) is 10.0 Å². The largest absolute Gasteiger partial charge is 0.275 e. The summed E-state index contributed by atoms with van der Waals surface area (Å²) in [6.07, 6.45) is 2.37. The van der Waals surface area contributed by atoms with Gasteiger partial charge in [-0.3, -0.25) is 4.79 Å². The van der Waals surface area contributed by atoms with Crippen LogP contribution in [0.1, 0.15) is 19.8 Å². The molecule has 4 nitrogen and oxygen atoms in total. The van der Waals surface area contributed by atoms with Gasteiger partial charge >= 0.3 is 0 Å². The predicted molar refractivity (Wildman–Crippen MR) is 127 cm³/mol. The highest BCUT2D eigenvalue weighted by atomic mass is 32.2. The van der Waals surface area contributed by atoms with E-state index in [9.17, 15) is 13.2 Å². The van der Waals surface area contributed by atoms with E-state index in [1.165, 1.54) is 0 Å². The number of nitrogens with one attached hydrogen (secondary N) is 1. The molecule has 1 atom stereocenters. The van der Waals surface area contributed by atoms with E-state index in [-0.39, 0.29) is 0 Å². The highest BCUT2D eigenvalue weighted by Gasteiger charge is 2.55. The van der Waals surface area contributed by atoms with E-state index in [2.05, 4.69) is 41.1 Å². The van der Waals surface area contributed by atoms with Crippen LogP contribution in [0.4, 0.5) is 0 Å². The minimum Gasteiger partial charge on any atom is -0.269 e. The number of sulfonamides is 1. The lowest BCUT2D eigenvalue weighted by Crippen LogP contribution is -2.47. The Morgan fingerprint density at radius 2 is 1.17 bits per heavy atom. The Balaban J connectivity index is 2.38. The van der Waals surface area contributed by atoms with E-state index in [1.807, 2.05) is 61.5 Å². The number of hydrogen-bond acceptors (Lipinski definition) is 3. The van der Waals surface area contributed by atoms with Gasteiger partial charge in [0.05, 0.1) is 6.26 Å². The number of amides is 1. The highest BCUT2D eigenvalue weighted by Crippen LogP contribution is 2.61. The van der Waals surface area contributed by atoms with Crippen molar-refractivity contribution in [2.75, 3.05) is 6.26 Å². The maximum Gasteiger partial charge on any atom is 0.275 e. The van der Waals surface area contributed by atoms with Crippen molar-refractivity contribution in [2.45, 2.75) is 25.4 Å². The van der Waals surface area contributed by atoms with E-state index in [0.29, 0.717) is 6.42 Å². The normalized spacial score (nSPS) is 12.9. The molecule has 1 N–H and O–H groups in total. The SMILES string of the molecule is CCCC(C(=O)NS(C)(=O)=O)[P+](c1ccccc1)(c1ccccc1)c1ccccc1. The minimum absolute atomic E-state index is 0.441. The molecule has 30 heavy (non-hydrogen) atoms. The second kappa shape index (κ2) is 9.55. The van der Waals surface area contributed by atoms with Crippen LogP contribution in [0.15, 0.2) is 91.0 Å². The van der Waals surface area contributed by atoms with E-state index in [4.69, 9.17) is 0 Å². The Kier molecular flexibility index (Phi) is 7.06. The first-order chi connectivity index (χ1) is 14.4. The number of hydrogen-bond donors (Lipinski definition) is 1. The topological polar surface area (TPSA) is 63.2 Å². The molecule has 0 aliphatic rings. The molecule has 3 aromatic rings. The van der Waals surface area contributed by atoms with Crippen LogP contribution in [0.25, 0.3) is 0 Å². The van der Waals surface area contributed by atoms with Gasteiger partial charge in [-0.2, -0.15) is 0 Å². The molecular weight excluding hydrogens is 413 g/mol. The molecule has 156 valence electrons. The Hall–Kier alpha value is -2.49. The van der Waals surface area contributed by atoms with Gasteiger partial charge in [0.15, 0.2) is 5.66 Å². The van der Waals surface area contributed by atoms with Gasteiger partial charge in [0.1, 0.15) is 23.2 Å². The highest BCUT2D eigenvalue weighted by molar-refractivity contribution is 7.97. The molecule has 1 unspecified atom stereocenters. The summed E-state index contributed by atoms with van der Waals surface area (Å²) >= 11 is 0. The Morgan fingerprint density at radius 1 is 0.800 bits per heavy atom. The van der Waals surface area contributed by atoms with Crippen LogP contribution in [0.3, 0.4) is 0 Å². The van der Waals surface area contributed by atoms with Gasteiger partial charge in [0, 0.05) is 0 Å². The van der Waals surface area contributed by atoms with Crippen molar-refractivity contribution in [3.05, 3.63) is 91.0 Å². The fourth-order valence-electron chi connectivity index (χ4n) is 4.00. The van der Waals surface area contributed by atoms with Gasteiger partial charge in [0.25, 0.3) is 5.91 Å². The van der Waals surface area contributed by atoms with Crippen molar-refractivity contribution in [2.24, 2.45) is 0 Å². The Labute approximate surface area is 179 Å². The molecule has 0 spiro atoms. The zero-order valence-electron chi connectivity index (χ0n) is 17.2. The van der Waals surface area contributed by atoms with Crippen molar-refractivity contribution in [3.63, 3.8) is 0 Å².